The van der Waals surface area contributed by atoms with E-state index in [1.165, 1.54) is 13.8 Å². The number of alkyl halides is 1. The van der Waals surface area contributed by atoms with Crippen LogP contribution < -0.4 is 5.73 Å². The van der Waals surface area contributed by atoms with Crippen LogP contribution in [0.15, 0.2) is 36.4 Å². The summed E-state index contributed by atoms with van der Waals surface area (Å²) in [4.78, 5) is 5.18. The Morgan fingerprint density at radius 2 is 1.82 bits per heavy atom. The summed E-state index contributed by atoms with van der Waals surface area (Å²) in [6.45, 7) is 4.98. The number of H-pyrrole nitrogens is 1. The van der Waals surface area contributed by atoms with Gasteiger partial charge in [-0.15, -0.1) is 0 Å². The molecule has 0 radical (unpaired) electrons. The highest BCUT2D eigenvalue weighted by Crippen LogP contribution is 2.43. The molecule has 3 aromatic rings. The maximum Gasteiger partial charge on any atom is 0.133 e. The second-order valence-corrected chi connectivity index (χ2v) is 8.31. The lowest BCUT2D eigenvalue weighted by Crippen LogP contribution is -2.48. The van der Waals surface area contributed by atoms with Gasteiger partial charge in [0.25, 0.3) is 0 Å². The van der Waals surface area contributed by atoms with Gasteiger partial charge in [-0.2, -0.15) is 0 Å². The third kappa shape index (κ3) is 3.15. The average Bonchev–Trinajstić information content (AvgIpc) is 2.94. The average molecular weight is 387 g/mol. The number of para-hydroxylation sites is 1. The third-order valence-corrected chi connectivity index (χ3v) is 5.45. The number of aromatic nitrogens is 1. The van der Waals surface area contributed by atoms with Gasteiger partial charge in [-0.25, -0.2) is 13.2 Å². The lowest BCUT2D eigenvalue weighted by Gasteiger charge is -2.43. The van der Waals surface area contributed by atoms with E-state index in [9.17, 15) is 13.2 Å². The molecule has 1 aromatic heterocycles. The van der Waals surface area contributed by atoms with Crippen LogP contribution in [-0.2, 0) is 6.42 Å². The van der Waals surface area contributed by atoms with Gasteiger partial charge >= 0.3 is 0 Å². The van der Waals surface area contributed by atoms with Crippen LogP contribution in [0.5, 0.6) is 0 Å². The first-order chi connectivity index (χ1) is 13.2. The number of nitrogens with two attached hydrogens (primary N) is 1. The minimum absolute atomic E-state index is 0.0249. The van der Waals surface area contributed by atoms with Gasteiger partial charge in [0.2, 0.25) is 0 Å². The highest BCUT2D eigenvalue weighted by molar-refractivity contribution is 5.85. The van der Waals surface area contributed by atoms with Crippen molar-refractivity contribution in [2.75, 3.05) is 12.3 Å². The van der Waals surface area contributed by atoms with Gasteiger partial charge in [0.15, 0.2) is 0 Å². The summed E-state index contributed by atoms with van der Waals surface area (Å²) in [5.41, 5.74) is 6.67. The second-order valence-electron chi connectivity index (χ2n) is 8.31. The number of rotatable bonds is 3. The molecule has 1 aliphatic rings. The molecule has 0 saturated heterocycles. The van der Waals surface area contributed by atoms with E-state index in [2.05, 4.69) is 4.98 Å². The number of nitrogens with zero attached hydrogens (tertiary/aromatic N) is 1. The standard InChI is InChI=1S/C22H24F3N3/c1-12-8-15-14-6-4-5-7-18(14)27-20(15)21(28(12)11-22(2,3)25)19-16(23)9-13(26)10-17(19)24/h4-7,9-10,12,21,27H,8,11,26H2,1-3H3/t12-,21-/m1/s1. The topological polar surface area (TPSA) is 45.1 Å². The first kappa shape index (κ1) is 18.9. The Bertz CT molecular complexity index is 1010. The van der Waals surface area contributed by atoms with E-state index in [4.69, 9.17) is 5.73 Å². The Kier molecular flexibility index (Phi) is 4.42. The maximum absolute atomic E-state index is 14.9. The van der Waals surface area contributed by atoms with Crippen molar-refractivity contribution in [1.82, 2.24) is 9.88 Å². The number of nitrogen functional groups attached to an aromatic ring is 1. The summed E-state index contributed by atoms with van der Waals surface area (Å²) in [5, 5.41) is 1.03. The predicted octanol–water partition coefficient (Wildman–Crippen LogP) is 5.11. The Hall–Kier alpha value is -2.47. The van der Waals surface area contributed by atoms with Crippen molar-refractivity contribution >= 4 is 16.6 Å². The number of anilines is 1. The molecule has 0 amide bonds. The van der Waals surface area contributed by atoms with Crippen LogP contribution in [0.3, 0.4) is 0 Å². The van der Waals surface area contributed by atoms with E-state index in [0.717, 1.165) is 28.6 Å². The van der Waals surface area contributed by atoms with Crippen LogP contribution in [0.25, 0.3) is 10.9 Å². The monoisotopic (exact) mass is 387 g/mol. The highest BCUT2D eigenvalue weighted by Gasteiger charge is 2.40. The molecular weight excluding hydrogens is 363 g/mol. The van der Waals surface area contributed by atoms with Gasteiger partial charge < -0.3 is 10.7 Å². The third-order valence-electron chi connectivity index (χ3n) is 5.45. The number of hydrogen-bond acceptors (Lipinski definition) is 2. The van der Waals surface area contributed by atoms with E-state index in [0.29, 0.717) is 12.1 Å². The summed E-state index contributed by atoms with van der Waals surface area (Å²) in [5.74, 6) is -1.44. The van der Waals surface area contributed by atoms with Gasteiger partial charge in [-0.05, 0) is 51.0 Å². The van der Waals surface area contributed by atoms with Crippen LogP contribution in [0, 0.1) is 11.6 Å². The van der Waals surface area contributed by atoms with Crippen LogP contribution in [0.1, 0.15) is 43.6 Å². The van der Waals surface area contributed by atoms with Crippen molar-refractivity contribution < 1.29 is 13.2 Å². The van der Waals surface area contributed by atoms with Gasteiger partial charge in [0.1, 0.15) is 17.3 Å². The second kappa shape index (κ2) is 6.55. The number of fused-ring (bicyclic) bond motifs is 3. The molecule has 3 nitrogen and oxygen atoms in total. The Balaban J connectivity index is 1.98. The number of halogens is 3. The summed E-state index contributed by atoms with van der Waals surface area (Å²) in [7, 11) is 0. The van der Waals surface area contributed by atoms with E-state index in [1.807, 2.05) is 36.1 Å². The molecule has 0 bridgehead atoms. The molecule has 0 aliphatic carbocycles. The summed E-state index contributed by atoms with van der Waals surface area (Å²) in [6, 6.07) is 9.18. The minimum atomic E-state index is -1.52. The zero-order chi connectivity index (χ0) is 20.2. The van der Waals surface area contributed by atoms with Gasteiger partial charge in [-0.1, -0.05) is 18.2 Å². The van der Waals surface area contributed by atoms with Crippen molar-refractivity contribution in [1.29, 1.82) is 0 Å². The smallest absolute Gasteiger partial charge is 0.133 e. The normalized spacial score (nSPS) is 20.5. The van der Waals surface area contributed by atoms with E-state index in [1.54, 1.807) is 0 Å². The molecule has 4 rings (SSSR count). The highest BCUT2D eigenvalue weighted by atomic mass is 19.1. The zero-order valence-corrected chi connectivity index (χ0v) is 16.2. The molecule has 0 saturated carbocycles. The molecule has 2 aromatic carbocycles. The fraction of sp³-hybridized carbons (Fsp3) is 0.364. The fourth-order valence-corrected chi connectivity index (χ4v) is 4.36. The van der Waals surface area contributed by atoms with Crippen molar-refractivity contribution in [3.8, 4) is 0 Å². The molecule has 0 unspecified atom stereocenters. The lowest BCUT2D eigenvalue weighted by molar-refractivity contribution is 0.0643. The van der Waals surface area contributed by atoms with Gasteiger partial charge in [0.05, 0.1) is 6.04 Å². The number of benzene rings is 2. The molecule has 3 N–H and O–H groups in total. The van der Waals surface area contributed by atoms with Crippen LogP contribution in [0.4, 0.5) is 18.9 Å². The summed E-state index contributed by atoms with van der Waals surface area (Å²) in [6.07, 6.45) is 0.671. The van der Waals surface area contributed by atoms with E-state index in [-0.39, 0.29) is 23.8 Å². The van der Waals surface area contributed by atoms with E-state index < -0.39 is 23.3 Å². The maximum atomic E-state index is 14.9. The molecule has 0 fully saturated rings. The molecule has 28 heavy (non-hydrogen) atoms. The molecule has 148 valence electrons. The quantitative estimate of drug-likeness (QED) is 0.613. The van der Waals surface area contributed by atoms with Crippen molar-refractivity contribution in [2.24, 2.45) is 0 Å². The number of nitrogens with one attached hydrogen (secondary N) is 1. The predicted molar refractivity (Wildman–Crippen MR) is 106 cm³/mol. The zero-order valence-electron chi connectivity index (χ0n) is 16.2. The fourth-order valence-electron chi connectivity index (χ4n) is 4.36. The first-order valence-corrected chi connectivity index (χ1v) is 9.44. The molecule has 6 heteroatoms. The molecule has 2 heterocycles. The van der Waals surface area contributed by atoms with Gasteiger partial charge in [0, 0.05) is 40.4 Å². The number of aromatic amines is 1. The van der Waals surface area contributed by atoms with Crippen LogP contribution in [-0.4, -0.2) is 28.1 Å². The lowest BCUT2D eigenvalue weighted by atomic mass is 9.87. The summed E-state index contributed by atoms with van der Waals surface area (Å²) >= 11 is 0. The molecule has 0 spiro atoms. The Morgan fingerprint density at radius 3 is 2.46 bits per heavy atom. The van der Waals surface area contributed by atoms with Crippen LogP contribution >= 0.6 is 0 Å². The van der Waals surface area contributed by atoms with Crippen molar-refractivity contribution in [3.63, 3.8) is 0 Å². The molecule has 2 atom stereocenters. The van der Waals surface area contributed by atoms with Gasteiger partial charge in [-0.3, -0.25) is 4.90 Å². The van der Waals surface area contributed by atoms with Crippen molar-refractivity contribution in [3.05, 3.63) is 64.9 Å². The molecular formula is C22H24F3N3. The first-order valence-electron chi connectivity index (χ1n) is 9.44. The van der Waals surface area contributed by atoms with Crippen LogP contribution in [0.2, 0.25) is 0 Å². The van der Waals surface area contributed by atoms with E-state index >= 15 is 0 Å². The molecule has 1 aliphatic heterocycles. The Morgan fingerprint density at radius 1 is 1.18 bits per heavy atom. The Labute approximate surface area is 162 Å². The summed E-state index contributed by atoms with van der Waals surface area (Å²) < 4.78 is 44.5. The number of hydrogen-bond donors (Lipinski definition) is 2. The minimum Gasteiger partial charge on any atom is -0.399 e. The SMILES string of the molecule is C[C@@H]1Cc2c([nH]c3ccccc23)[C@@H](c2c(F)cc(N)cc2F)N1CC(C)(C)F. The van der Waals surface area contributed by atoms with Crippen molar-refractivity contribution in [2.45, 2.75) is 44.9 Å². The largest absolute Gasteiger partial charge is 0.399 e.